The lowest BCUT2D eigenvalue weighted by Gasteiger charge is -2.38. The van der Waals surface area contributed by atoms with Gasteiger partial charge in [0.1, 0.15) is 11.7 Å². The summed E-state index contributed by atoms with van der Waals surface area (Å²) in [4.78, 5) is 28.7. The molecule has 2 unspecified atom stereocenters. The van der Waals surface area contributed by atoms with Gasteiger partial charge in [0.2, 0.25) is 0 Å². The summed E-state index contributed by atoms with van der Waals surface area (Å²) >= 11 is 0. The number of nitrogens with zero attached hydrogens (tertiary/aromatic N) is 2. The molecular formula is C25H35ClN2O4. The van der Waals surface area contributed by atoms with Crippen molar-refractivity contribution in [2.45, 2.75) is 83.0 Å². The largest absolute Gasteiger partial charge is 0.459 e. The number of esters is 1. The van der Waals surface area contributed by atoms with Crippen molar-refractivity contribution in [2.24, 2.45) is 0 Å². The fourth-order valence-corrected chi connectivity index (χ4v) is 5.43. The monoisotopic (exact) mass is 462 g/mol. The molecule has 4 rings (SSSR count). The Labute approximate surface area is 196 Å². The number of fused-ring (bicyclic) bond motifs is 3. The van der Waals surface area contributed by atoms with Gasteiger partial charge in [0, 0.05) is 37.6 Å². The molecule has 32 heavy (non-hydrogen) atoms. The van der Waals surface area contributed by atoms with Gasteiger partial charge in [-0.05, 0) is 70.0 Å². The van der Waals surface area contributed by atoms with Crippen LogP contribution in [0, 0.1) is 0 Å². The number of carbonyl (C=O) groups is 1. The van der Waals surface area contributed by atoms with Crippen LogP contribution >= 0.6 is 12.4 Å². The molecule has 6 nitrogen and oxygen atoms in total. The molecule has 0 aliphatic carbocycles. The minimum absolute atomic E-state index is 0. The van der Waals surface area contributed by atoms with Crippen molar-refractivity contribution >= 4 is 29.3 Å². The predicted molar refractivity (Wildman–Crippen MR) is 129 cm³/mol. The number of hydrogen-bond acceptors (Lipinski definition) is 5. The lowest BCUT2D eigenvalue weighted by molar-refractivity contribution is -0.00653. The molecule has 3 heterocycles. The van der Waals surface area contributed by atoms with Crippen LogP contribution in [0.4, 0.5) is 0 Å². The summed E-state index contributed by atoms with van der Waals surface area (Å²) in [6, 6.07) is 10.2. The summed E-state index contributed by atoms with van der Waals surface area (Å²) in [6.45, 7) is 5.23. The molecule has 7 heteroatoms. The quantitative estimate of drug-likeness (QED) is 0.467. The summed E-state index contributed by atoms with van der Waals surface area (Å²) in [6.07, 6.45) is 6.87. The zero-order valence-electron chi connectivity index (χ0n) is 19.0. The van der Waals surface area contributed by atoms with Gasteiger partial charge in [-0.25, -0.2) is 4.79 Å². The van der Waals surface area contributed by atoms with Gasteiger partial charge < -0.3 is 14.4 Å². The number of para-hydroxylation sites is 1. The predicted octanol–water partition coefficient (Wildman–Crippen LogP) is 4.32. The number of aromatic nitrogens is 1. The van der Waals surface area contributed by atoms with Gasteiger partial charge in [-0.1, -0.05) is 18.2 Å². The van der Waals surface area contributed by atoms with Crippen molar-refractivity contribution in [2.75, 3.05) is 13.2 Å². The second-order valence-electron chi connectivity index (χ2n) is 9.29. The summed E-state index contributed by atoms with van der Waals surface area (Å²) in [7, 11) is 0. The zero-order valence-corrected chi connectivity index (χ0v) is 19.9. The highest BCUT2D eigenvalue weighted by molar-refractivity contribution is 5.94. The van der Waals surface area contributed by atoms with E-state index in [1.54, 1.807) is 10.6 Å². The second kappa shape index (κ2) is 10.8. The van der Waals surface area contributed by atoms with Gasteiger partial charge in [-0.2, -0.15) is 0 Å². The van der Waals surface area contributed by atoms with Crippen LogP contribution in [0.5, 0.6) is 0 Å². The minimum atomic E-state index is -0.494. The maximum atomic E-state index is 13.1. The van der Waals surface area contributed by atoms with Crippen molar-refractivity contribution in [3.63, 3.8) is 0 Å². The van der Waals surface area contributed by atoms with Crippen LogP contribution in [0.15, 0.2) is 35.1 Å². The van der Waals surface area contributed by atoms with Crippen molar-refractivity contribution in [1.82, 2.24) is 9.47 Å². The first-order chi connectivity index (χ1) is 15.0. The average molecular weight is 463 g/mol. The number of rotatable bonds is 8. The topological polar surface area (TPSA) is 71.8 Å². The van der Waals surface area contributed by atoms with Crippen LogP contribution < -0.4 is 5.56 Å². The van der Waals surface area contributed by atoms with E-state index in [0.29, 0.717) is 12.1 Å². The van der Waals surface area contributed by atoms with Gasteiger partial charge in [0.25, 0.3) is 5.56 Å². The number of aliphatic hydroxyl groups excluding tert-OH is 1. The Bertz CT molecular complexity index is 976. The number of hydrogen-bond donors (Lipinski definition) is 1. The molecule has 1 aromatic carbocycles. The van der Waals surface area contributed by atoms with Crippen molar-refractivity contribution in [3.05, 3.63) is 46.2 Å². The smallest absolute Gasteiger partial charge is 0.344 e. The molecule has 1 N–H and O–H groups in total. The number of piperidine rings is 1. The van der Waals surface area contributed by atoms with Crippen LogP contribution in [0.2, 0.25) is 0 Å². The van der Waals surface area contributed by atoms with E-state index < -0.39 is 5.97 Å². The third kappa shape index (κ3) is 5.03. The summed E-state index contributed by atoms with van der Waals surface area (Å²) in [5, 5.41) is 9.85. The second-order valence-corrected chi connectivity index (χ2v) is 9.29. The Hall–Kier alpha value is -1.89. The van der Waals surface area contributed by atoms with Gasteiger partial charge in [-0.3, -0.25) is 9.69 Å². The van der Waals surface area contributed by atoms with E-state index in [9.17, 15) is 9.59 Å². The average Bonchev–Trinajstić information content (AvgIpc) is 2.98. The van der Waals surface area contributed by atoms with Gasteiger partial charge >= 0.3 is 5.97 Å². The SMILES string of the molecule is CC(C)n1c(=O)c(C(=O)OC2CC3CCC(C2)N3CCCCCO)cc2ccccc21.Cl. The van der Waals surface area contributed by atoms with Gasteiger partial charge in [0.05, 0.1) is 5.52 Å². The minimum Gasteiger partial charge on any atom is -0.459 e. The number of benzene rings is 1. The number of unbranched alkanes of at least 4 members (excludes halogenated alkanes) is 2. The van der Waals surface area contributed by atoms with Crippen LogP contribution in [0.1, 0.15) is 75.2 Å². The van der Waals surface area contributed by atoms with E-state index in [4.69, 9.17) is 9.84 Å². The van der Waals surface area contributed by atoms with E-state index >= 15 is 0 Å². The number of carbonyl (C=O) groups excluding carboxylic acids is 1. The van der Waals surface area contributed by atoms with E-state index in [2.05, 4.69) is 4.90 Å². The summed E-state index contributed by atoms with van der Waals surface area (Å²) in [5.74, 6) is -0.494. The number of halogens is 1. The van der Waals surface area contributed by atoms with E-state index in [0.717, 1.165) is 62.4 Å². The fraction of sp³-hybridized carbons (Fsp3) is 0.600. The zero-order chi connectivity index (χ0) is 22.0. The molecule has 2 fully saturated rings. The Morgan fingerprint density at radius 3 is 2.47 bits per heavy atom. The molecule has 0 radical (unpaired) electrons. The molecule has 0 saturated carbocycles. The first-order valence-corrected chi connectivity index (χ1v) is 11.7. The van der Waals surface area contributed by atoms with E-state index in [-0.39, 0.29) is 42.3 Å². The highest BCUT2D eigenvalue weighted by Gasteiger charge is 2.41. The third-order valence-electron chi connectivity index (χ3n) is 6.87. The molecule has 0 amide bonds. The molecule has 0 spiro atoms. The summed E-state index contributed by atoms with van der Waals surface area (Å²) in [5.41, 5.74) is 0.695. The lowest BCUT2D eigenvalue weighted by atomic mass is 9.99. The fourth-order valence-electron chi connectivity index (χ4n) is 5.43. The number of aliphatic hydroxyl groups is 1. The summed E-state index contributed by atoms with van der Waals surface area (Å²) < 4.78 is 7.59. The Balaban J connectivity index is 0.00000289. The molecule has 2 bridgehead atoms. The van der Waals surface area contributed by atoms with E-state index in [1.807, 2.05) is 38.1 Å². The molecule has 176 valence electrons. The third-order valence-corrected chi connectivity index (χ3v) is 6.87. The number of pyridine rings is 1. The molecule has 2 saturated heterocycles. The molecule has 2 atom stereocenters. The van der Waals surface area contributed by atoms with Crippen LogP contribution in [-0.2, 0) is 4.74 Å². The van der Waals surface area contributed by atoms with Gasteiger partial charge in [-0.15, -0.1) is 12.4 Å². The first-order valence-electron chi connectivity index (χ1n) is 11.7. The molecular weight excluding hydrogens is 428 g/mol. The van der Waals surface area contributed by atoms with Crippen LogP contribution in [-0.4, -0.2) is 51.9 Å². The Morgan fingerprint density at radius 1 is 1.12 bits per heavy atom. The van der Waals surface area contributed by atoms with Crippen molar-refractivity contribution in [3.8, 4) is 0 Å². The van der Waals surface area contributed by atoms with Crippen LogP contribution in [0.25, 0.3) is 10.9 Å². The molecule has 2 aliphatic rings. The maximum Gasteiger partial charge on any atom is 0.344 e. The highest BCUT2D eigenvalue weighted by Crippen LogP contribution is 2.37. The Kier molecular flexibility index (Phi) is 8.37. The van der Waals surface area contributed by atoms with E-state index in [1.165, 1.54) is 0 Å². The molecule has 1 aromatic heterocycles. The lowest BCUT2D eigenvalue weighted by Crippen LogP contribution is -2.46. The molecule has 2 aliphatic heterocycles. The molecule has 2 aromatic rings. The first kappa shape index (κ1) is 24.7. The highest BCUT2D eigenvalue weighted by atomic mass is 35.5. The normalized spacial score (nSPS) is 22.8. The van der Waals surface area contributed by atoms with Crippen molar-refractivity contribution < 1.29 is 14.6 Å². The number of ether oxygens (including phenoxy) is 1. The van der Waals surface area contributed by atoms with Crippen LogP contribution in [0.3, 0.4) is 0 Å². The standard InChI is InChI=1S/C25H34N2O4.ClH/c1-17(2)27-23-9-5-4-8-18(23)14-22(24(27)29)25(30)31-21-15-19-10-11-20(16-21)26(19)12-6-3-7-13-28;/h4-5,8-9,14,17,19-21,28H,3,6-7,10-13,15-16H2,1-2H3;1H. The van der Waals surface area contributed by atoms with Gasteiger partial charge in [0.15, 0.2) is 0 Å². The van der Waals surface area contributed by atoms with Crippen molar-refractivity contribution in [1.29, 1.82) is 0 Å². The Morgan fingerprint density at radius 2 is 1.81 bits per heavy atom. The maximum absolute atomic E-state index is 13.1.